The third kappa shape index (κ3) is 7.40. The number of halogens is 1. The fraction of sp³-hybridized carbons (Fsp3) is 0.240. The number of methoxy groups -OCH3 is 2. The number of aromatic nitrogens is 1. The normalized spacial score (nSPS) is 11.4. The second-order valence-electron chi connectivity index (χ2n) is 7.12. The minimum atomic E-state index is -0.689. The van der Waals surface area contributed by atoms with Crippen LogP contribution in [-0.2, 0) is 20.7 Å². The van der Waals surface area contributed by atoms with Gasteiger partial charge in [-0.25, -0.2) is 14.6 Å². The fourth-order valence-corrected chi connectivity index (χ4v) is 3.91. The molecule has 7 nitrogen and oxygen atoms in total. The number of thioether (sulfide) groups is 1. The van der Waals surface area contributed by atoms with Gasteiger partial charge in [0.25, 0.3) is 0 Å². The van der Waals surface area contributed by atoms with Gasteiger partial charge in [0.15, 0.2) is 0 Å². The van der Waals surface area contributed by atoms with E-state index in [2.05, 4.69) is 10.3 Å². The van der Waals surface area contributed by atoms with Crippen molar-refractivity contribution < 1.29 is 23.8 Å². The average molecular weight is 501 g/mol. The number of benzene rings is 2. The molecule has 3 aromatic rings. The first-order chi connectivity index (χ1) is 16.5. The molecule has 3 rings (SSSR count). The van der Waals surface area contributed by atoms with Gasteiger partial charge in [-0.1, -0.05) is 35.9 Å². The van der Waals surface area contributed by atoms with Crippen LogP contribution in [0.2, 0.25) is 5.02 Å². The minimum Gasteiger partial charge on any atom is -0.493 e. The molecule has 0 aliphatic carbocycles. The largest absolute Gasteiger partial charge is 0.493 e. The molecule has 0 aliphatic rings. The van der Waals surface area contributed by atoms with Crippen LogP contribution >= 0.6 is 23.4 Å². The van der Waals surface area contributed by atoms with Crippen molar-refractivity contribution in [1.29, 1.82) is 0 Å². The van der Waals surface area contributed by atoms with Crippen molar-refractivity contribution in [2.45, 2.75) is 17.5 Å². The number of nitrogens with one attached hydrogen (secondary N) is 1. The van der Waals surface area contributed by atoms with Gasteiger partial charge >= 0.3 is 11.9 Å². The van der Waals surface area contributed by atoms with E-state index >= 15 is 0 Å². The Kier molecular flexibility index (Phi) is 9.61. The van der Waals surface area contributed by atoms with E-state index in [0.29, 0.717) is 29.3 Å². The highest BCUT2D eigenvalue weighted by molar-refractivity contribution is 7.99. The number of carbonyl (C=O) groups excluding carboxylic acids is 2. The molecule has 1 atom stereocenters. The lowest BCUT2D eigenvalue weighted by atomic mass is 10.0. The van der Waals surface area contributed by atoms with E-state index in [9.17, 15) is 9.59 Å². The summed E-state index contributed by atoms with van der Waals surface area (Å²) in [6.45, 7) is 0.519. The van der Waals surface area contributed by atoms with Gasteiger partial charge in [0.2, 0.25) is 0 Å². The van der Waals surface area contributed by atoms with Crippen molar-refractivity contribution in [1.82, 2.24) is 4.98 Å². The summed E-state index contributed by atoms with van der Waals surface area (Å²) in [5.41, 5.74) is 1.75. The average Bonchev–Trinajstić information content (AvgIpc) is 2.87. The van der Waals surface area contributed by atoms with Crippen LogP contribution in [0.5, 0.6) is 5.75 Å². The van der Waals surface area contributed by atoms with Crippen LogP contribution in [0.4, 0.5) is 5.69 Å². The summed E-state index contributed by atoms with van der Waals surface area (Å²) in [6.07, 6.45) is 1.98. The first-order valence-corrected chi connectivity index (χ1v) is 11.8. The van der Waals surface area contributed by atoms with Crippen LogP contribution in [0.25, 0.3) is 0 Å². The third-order valence-corrected chi connectivity index (χ3v) is 5.94. The molecule has 34 heavy (non-hydrogen) atoms. The number of carbonyl (C=O) groups is 2. The van der Waals surface area contributed by atoms with Crippen molar-refractivity contribution in [2.75, 3.05) is 31.9 Å². The summed E-state index contributed by atoms with van der Waals surface area (Å²) in [5, 5.41) is 4.61. The monoisotopic (exact) mass is 500 g/mol. The zero-order chi connectivity index (χ0) is 24.3. The molecule has 0 saturated heterocycles. The third-order valence-electron chi connectivity index (χ3n) is 4.81. The summed E-state index contributed by atoms with van der Waals surface area (Å²) in [5.74, 6) is 0.544. The molecule has 0 spiro atoms. The predicted octanol–water partition coefficient (Wildman–Crippen LogP) is 4.89. The summed E-state index contributed by atoms with van der Waals surface area (Å²) in [4.78, 5) is 28.7. The molecular formula is C25H25ClN2O5S. The number of rotatable bonds is 11. The van der Waals surface area contributed by atoms with Gasteiger partial charge in [-0.15, -0.1) is 11.8 Å². The minimum absolute atomic E-state index is 0.342. The highest BCUT2D eigenvalue weighted by atomic mass is 35.5. The molecule has 0 bridgehead atoms. The summed E-state index contributed by atoms with van der Waals surface area (Å²) >= 11 is 7.43. The van der Waals surface area contributed by atoms with E-state index < -0.39 is 18.0 Å². The van der Waals surface area contributed by atoms with Gasteiger partial charge in [-0.05, 0) is 42.0 Å². The van der Waals surface area contributed by atoms with E-state index in [4.69, 9.17) is 25.8 Å². The molecule has 1 heterocycles. The quantitative estimate of drug-likeness (QED) is 0.226. The molecule has 0 radical (unpaired) electrons. The Morgan fingerprint density at radius 2 is 1.79 bits per heavy atom. The first kappa shape index (κ1) is 25.4. The van der Waals surface area contributed by atoms with Crippen molar-refractivity contribution in [3.05, 3.63) is 83.0 Å². The van der Waals surface area contributed by atoms with E-state index in [0.717, 1.165) is 22.1 Å². The molecule has 9 heteroatoms. The Balaban J connectivity index is 1.57. The highest BCUT2D eigenvalue weighted by Gasteiger charge is 2.22. The smallest absolute Gasteiger partial charge is 0.339 e. The zero-order valence-electron chi connectivity index (χ0n) is 18.8. The number of pyridine rings is 1. The van der Waals surface area contributed by atoms with Gasteiger partial charge in [-0.3, -0.25) is 0 Å². The Hall–Kier alpha value is -3.23. The van der Waals surface area contributed by atoms with Crippen LogP contribution in [-0.4, -0.2) is 49.5 Å². The van der Waals surface area contributed by atoms with E-state index in [1.807, 2.05) is 30.3 Å². The summed E-state index contributed by atoms with van der Waals surface area (Å²) < 4.78 is 15.6. The maximum absolute atomic E-state index is 12.4. The maximum atomic E-state index is 12.4. The summed E-state index contributed by atoms with van der Waals surface area (Å²) in [6, 6.07) is 17.4. The Bertz CT molecular complexity index is 1090. The standard InChI is InChI=1S/C25H25ClN2O5S/c1-31-24(29)20-5-3-4-6-21(20)28-22(25(30)32-2)15-17-7-10-19(11-8-17)33-13-14-34-23-12-9-18(26)16-27-23/h3-12,16,22,28H,13-15H2,1-2H3/t22-/m0/s1. The second kappa shape index (κ2) is 12.9. The number of hydrogen-bond acceptors (Lipinski definition) is 8. The lowest BCUT2D eigenvalue weighted by molar-refractivity contribution is -0.141. The SMILES string of the molecule is COC(=O)c1ccccc1N[C@@H](Cc1ccc(OCCSc2ccc(Cl)cn2)cc1)C(=O)OC. The van der Waals surface area contributed by atoms with Gasteiger partial charge < -0.3 is 19.5 Å². The number of para-hydroxylation sites is 1. The van der Waals surface area contributed by atoms with Crippen molar-refractivity contribution in [3.63, 3.8) is 0 Å². The molecule has 1 N–H and O–H groups in total. The van der Waals surface area contributed by atoms with Gasteiger partial charge in [0.05, 0.1) is 36.4 Å². The fourth-order valence-electron chi connectivity index (χ4n) is 3.13. The lowest BCUT2D eigenvalue weighted by Crippen LogP contribution is -2.33. The van der Waals surface area contributed by atoms with Gasteiger partial charge in [0.1, 0.15) is 11.8 Å². The number of anilines is 1. The maximum Gasteiger partial charge on any atom is 0.339 e. The molecule has 0 saturated carbocycles. The van der Waals surface area contributed by atoms with Crippen molar-refractivity contribution in [2.24, 2.45) is 0 Å². The van der Waals surface area contributed by atoms with E-state index in [1.165, 1.54) is 14.2 Å². The van der Waals surface area contributed by atoms with Crippen LogP contribution in [0.15, 0.2) is 71.9 Å². The zero-order valence-corrected chi connectivity index (χ0v) is 20.4. The van der Waals surface area contributed by atoms with Gasteiger partial charge in [0, 0.05) is 24.1 Å². The van der Waals surface area contributed by atoms with Crippen LogP contribution in [0.1, 0.15) is 15.9 Å². The molecular weight excluding hydrogens is 476 g/mol. The van der Waals surface area contributed by atoms with Crippen LogP contribution < -0.4 is 10.1 Å². The lowest BCUT2D eigenvalue weighted by Gasteiger charge is -2.19. The Morgan fingerprint density at radius 3 is 2.47 bits per heavy atom. The number of hydrogen-bond donors (Lipinski definition) is 1. The van der Waals surface area contributed by atoms with Crippen molar-refractivity contribution >= 4 is 41.0 Å². The molecule has 0 amide bonds. The molecule has 178 valence electrons. The van der Waals surface area contributed by atoms with E-state index in [-0.39, 0.29) is 0 Å². The van der Waals surface area contributed by atoms with Crippen LogP contribution in [0, 0.1) is 0 Å². The Morgan fingerprint density at radius 1 is 1.03 bits per heavy atom. The molecule has 0 aliphatic heterocycles. The first-order valence-electron chi connectivity index (χ1n) is 10.5. The molecule has 1 aromatic heterocycles. The molecule has 2 aromatic carbocycles. The highest BCUT2D eigenvalue weighted by Crippen LogP contribution is 2.21. The molecule has 0 fully saturated rings. The molecule has 0 unspecified atom stereocenters. The van der Waals surface area contributed by atoms with Gasteiger partial charge in [-0.2, -0.15) is 0 Å². The number of ether oxygens (including phenoxy) is 3. The van der Waals surface area contributed by atoms with E-state index in [1.54, 1.807) is 48.3 Å². The summed E-state index contributed by atoms with van der Waals surface area (Å²) in [7, 11) is 2.64. The van der Waals surface area contributed by atoms with Crippen molar-refractivity contribution in [3.8, 4) is 5.75 Å². The van der Waals surface area contributed by atoms with Crippen LogP contribution in [0.3, 0.4) is 0 Å². The topological polar surface area (TPSA) is 86.8 Å². The number of nitrogens with zero attached hydrogens (tertiary/aromatic N) is 1. The number of esters is 2. The predicted molar refractivity (Wildman–Crippen MR) is 133 cm³/mol. The Labute approximate surface area is 207 Å². The second-order valence-corrected chi connectivity index (χ2v) is 8.67.